The molecule has 1 atom stereocenters. The largest absolute Gasteiger partial charge is 0.394 e. The van der Waals surface area contributed by atoms with Crippen LogP contribution in [0.3, 0.4) is 0 Å². The Labute approximate surface area is 98.0 Å². The summed E-state index contributed by atoms with van der Waals surface area (Å²) in [6.07, 6.45) is 3.67. The molecule has 1 aliphatic heterocycles. The van der Waals surface area contributed by atoms with Gasteiger partial charge < -0.3 is 15.3 Å². The van der Waals surface area contributed by atoms with Gasteiger partial charge in [-0.25, -0.2) is 0 Å². The van der Waals surface area contributed by atoms with E-state index in [1.807, 2.05) is 4.90 Å². The third kappa shape index (κ3) is 4.10. The second-order valence-corrected chi connectivity index (χ2v) is 4.78. The molecule has 1 amide bonds. The number of aliphatic hydroxyl groups excluding tert-OH is 1. The van der Waals surface area contributed by atoms with E-state index in [9.17, 15) is 9.90 Å². The number of carbonyl (C=O) groups is 1. The molecule has 1 unspecified atom stereocenters. The number of piperidine rings is 1. The van der Waals surface area contributed by atoms with Crippen LogP contribution in [0.2, 0.25) is 0 Å². The molecular weight excluding hydrogens is 204 g/mol. The maximum Gasteiger partial charge on any atom is 0.224 e. The summed E-state index contributed by atoms with van der Waals surface area (Å²) in [4.78, 5) is 13.8. The van der Waals surface area contributed by atoms with E-state index in [4.69, 9.17) is 0 Å². The first kappa shape index (κ1) is 13.5. The summed E-state index contributed by atoms with van der Waals surface area (Å²) < 4.78 is 0. The molecule has 0 spiro atoms. The van der Waals surface area contributed by atoms with Crippen molar-refractivity contribution < 1.29 is 9.90 Å². The Bertz CT molecular complexity index is 219. The van der Waals surface area contributed by atoms with E-state index in [1.54, 1.807) is 0 Å². The molecule has 0 aliphatic carbocycles. The van der Waals surface area contributed by atoms with Crippen molar-refractivity contribution in [3.63, 3.8) is 0 Å². The number of hydrogen-bond acceptors (Lipinski definition) is 3. The van der Waals surface area contributed by atoms with E-state index in [2.05, 4.69) is 19.2 Å². The van der Waals surface area contributed by atoms with Gasteiger partial charge in [-0.2, -0.15) is 0 Å². The zero-order valence-corrected chi connectivity index (χ0v) is 10.4. The van der Waals surface area contributed by atoms with Crippen LogP contribution in [-0.2, 0) is 4.79 Å². The lowest BCUT2D eigenvalue weighted by molar-refractivity contribution is -0.135. The molecule has 0 saturated carbocycles. The highest BCUT2D eigenvalue weighted by Crippen LogP contribution is 2.17. The second-order valence-electron chi connectivity index (χ2n) is 4.78. The lowest BCUT2D eigenvalue weighted by Crippen LogP contribution is -2.46. The topological polar surface area (TPSA) is 52.6 Å². The van der Waals surface area contributed by atoms with Crippen LogP contribution >= 0.6 is 0 Å². The Morgan fingerprint density at radius 3 is 2.88 bits per heavy atom. The summed E-state index contributed by atoms with van der Waals surface area (Å²) in [5, 5.41) is 12.5. The van der Waals surface area contributed by atoms with E-state index in [0.29, 0.717) is 12.5 Å². The van der Waals surface area contributed by atoms with Crippen molar-refractivity contribution in [2.45, 2.75) is 51.6 Å². The normalized spacial score (nSPS) is 21.5. The zero-order valence-electron chi connectivity index (χ0n) is 10.4. The van der Waals surface area contributed by atoms with Crippen LogP contribution in [0.15, 0.2) is 0 Å². The van der Waals surface area contributed by atoms with Crippen LogP contribution in [0.5, 0.6) is 0 Å². The highest BCUT2D eigenvalue weighted by atomic mass is 16.3. The molecule has 1 saturated heterocycles. The molecule has 94 valence electrons. The van der Waals surface area contributed by atoms with Gasteiger partial charge in [0, 0.05) is 25.6 Å². The van der Waals surface area contributed by atoms with Gasteiger partial charge in [0.25, 0.3) is 0 Å². The predicted molar refractivity (Wildman–Crippen MR) is 64.2 cm³/mol. The van der Waals surface area contributed by atoms with Gasteiger partial charge in [-0.1, -0.05) is 13.8 Å². The zero-order chi connectivity index (χ0) is 12.0. The van der Waals surface area contributed by atoms with Gasteiger partial charge in [-0.05, 0) is 19.3 Å². The molecular formula is C12H24N2O2. The van der Waals surface area contributed by atoms with Crippen LogP contribution in [-0.4, -0.2) is 47.7 Å². The van der Waals surface area contributed by atoms with Crippen LogP contribution in [0.1, 0.15) is 39.5 Å². The molecule has 0 bridgehead atoms. The summed E-state index contributed by atoms with van der Waals surface area (Å²) in [6.45, 7) is 5.78. The van der Waals surface area contributed by atoms with Crippen molar-refractivity contribution in [3.05, 3.63) is 0 Å². The van der Waals surface area contributed by atoms with E-state index >= 15 is 0 Å². The van der Waals surface area contributed by atoms with Crippen molar-refractivity contribution in [1.82, 2.24) is 10.2 Å². The van der Waals surface area contributed by atoms with E-state index < -0.39 is 0 Å². The minimum absolute atomic E-state index is 0.0558. The SMILES string of the molecule is CC(C)NCCC(=O)N1CCCCC1CO. The van der Waals surface area contributed by atoms with E-state index in [1.165, 1.54) is 0 Å². The van der Waals surface area contributed by atoms with Crippen molar-refractivity contribution >= 4 is 5.91 Å². The Hall–Kier alpha value is -0.610. The Morgan fingerprint density at radius 1 is 1.50 bits per heavy atom. The molecule has 4 heteroatoms. The first-order valence-corrected chi connectivity index (χ1v) is 6.29. The average molecular weight is 228 g/mol. The predicted octanol–water partition coefficient (Wildman–Crippen LogP) is 0.748. The highest BCUT2D eigenvalue weighted by Gasteiger charge is 2.25. The number of nitrogens with zero attached hydrogens (tertiary/aromatic N) is 1. The van der Waals surface area contributed by atoms with Gasteiger partial charge >= 0.3 is 0 Å². The van der Waals surface area contributed by atoms with Crippen molar-refractivity contribution in [2.24, 2.45) is 0 Å². The quantitative estimate of drug-likeness (QED) is 0.730. The fraction of sp³-hybridized carbons (Fsp3) is 0.917. The molecule has 16 heavy (non-hydrogen) atoms. The average Bonchev–Trinajstić information content (AvgIpc) is 2.28. The molecule has 2 N–H and O–H groups in total. The second kappa shape index (κ2) is 6.86. The minimum Gasteiger partial charge on any atom is -0.394 e. The third-order valence-electron chi connectivity index (χ3n) is 3.05. The van der Waals surface area contributed by atoms with Crippen LogP contribution in [0, 0.1) is 0 Å². The molecule has 0 aromatic heterocycles. The molecule has 1 heterocycles. The van der Waals surface area contributed by atoms with E-state index in [0.717, 1.165) is 32.4 Å². The van der Waals surface area contributed by atoms with Gasteiger partial charge in [-0.3, -0.25) is 4.79 Å². The minimum atomic E-state index is 0.0558. The van der Waals surface area contributed by atoms with Gasteiger partial charge in [0.1, 0.15) is 0 Å². The first-order valence-electron chi connectivity index (χ1n) is 6.29. The van der Waals surface area contributed by atoms with Crippen molar-refractivity contribution in [2.75, 3.05) is 19.7 Å². The van der Waals surface area contributed by atoms with Crippen molar-refractivity contribution in [1.29, 1.82) is 0 Å². The first-order chi connectivity index (χ1) is 7.65. The summed E-state index contributed by atoms with van der Waals surface area (Å²) in [6, 6.07) is 0.475. The molecule has 1 fully saturated rings. The summed E-state index contributed by atoms with van der Waals surface area (Å²) in [7, 11) is 0. The maximum atomic E-state index is 11.9. The standard InChI is InChI=1S/C12H24N2O2/c1-10(2)13-7-6-12(16)14-8-4-3-5-11(14)9-15/h10-11,13,15H,3-9H2,1-2H3. The molecule has 0 radical (unpaired) electrons. The van der Waals surface area contributed by atoms with E-state index in [-0.39, 0.29) is 18.6 Å². The van der Waals surface area contributed by atoms with Crippen LogP contribution < -0.4 is 5.32 Å². The lowest BCUT2D eigenvalue weighted by atomic mass is 10.0. The Kier molecular flexibility index (Phi) is 5.77. The highest BCUT2D eigenvalue weighted by molar-refractivity contribution is 5.76. The fourth-order valence-corrected chi connectivity index (χ4v) is 2.13. The lowest BCUT2D eigenvalue weighted by Gasteiger charge is -2.34. The Balaban J connectivity index is 2.33. The maximum absolute atomic E-state index is 11.9. The number of carbonyl (C=O) groups excluding carboxylic acids is 1. The molecule has 1 aliphatic rings. The molecule has 0 aromatic carbocycles. The summed E-state index contributed by atoms with van der Waals surface area (Å²) in [5.74, 6) is 0.173. The van der Waals surface area contributed by atoms with Crippen LogP contribution in [0.4, 0.5) is 0 Å². The molecule has 0 aromatic rings. The monoisotopic (exact) mass is 228 g/mol. The number of nitrogens with one attached hydrogen (secondary N) is 1. The number of hydrogen-bond donors (Lipinski definition) is 2. The van der Waals surface area contributed by atoms with Gasteiger partial charge in [0.2, 0.25) is 5.91 Å². The fourth-order valence-electron chi connectivity index (χ4n) is 2.13. The number of aliphatic hydroxyl groups is 1. The summed E-state index contributed by atoms with van der Waals surface area (Å²) in [5.41, 5.74) is 0. The summed E-state index contributed by atoms with van der Waals surface area (Å²) >= 11 is 0. The third-order valence-corrected chi connectivity index (χ3v) is 3.05. The number of amides is 1. The van der Waals surface area contributed by atoms with Gasteiger partial charge in [0.15, 0.2) is 0 Å². The Morgan fingerprint density at radius 2 is 2.25 bits per heavy atom. The van der Waals surface area contributed by atoms with Gasteiger partial charge in [-0.15, -0.1) is 0 Å². The van der Waals surface area contributed by atoms with Gasteiger partial charge in [0.05, 0.1) is 12.6 Å². The molecule has 4 nitrogen and oxygen atoms in total. The van der Waals surface area contributed by atoms with Crippen molar-refractivity contribution in [3.8, 4) is 0 Å². The van der Waals surface area contributed by atoms with Crippen LogP contribution in [0.25, 0.3) is 0 Å². The number of rotatable bonds is 5. The smallest absolute Gasteiger partial charge is 0.224 e. The number of likely N-dealkylation sites (tertiary alicyclic amines) is 1. The molecule has 1 rings (SSSR count).